The first-order chi connectivity index (χ1) is 44.5. The molecule has 6 aliphatic heterocycles. The Morgan fingerprint density at radius 1 is 0.495 bits per heavy atom. The van der Waals surface area contributed by atoms with Gasteiger partial charge >= 0.3 is 5.97 Å². The predicted molar refractivity (Wildman–Crippen MR) is 319 cm³/mol. The molecule has 30 heteroatoms. The maximum atomic E-state index is 15.3. The normalized spacial score (nSPS) is 54.6. The van der Waals surface area contributed by atoms with E-state index >= 15 is 4.79 Å². The molecule has 11 rings (SSSR count). The van der Waals surface area contributed by atoms with Crippen molar-refractivity contribution in [1.29, 1.82) is 0 Å². The summed E-state index contributed by atoms with van der Waals surface area (Å²) in [6.07, 6.45) is -38.1. The maximum absolute atomic E-state index is 15.3. The number of ether oxygens (including phenoxy) is 12. The van der Waals surface area contributed by atoms with E-state index in [1.165, 1.54) is 19.4 Å². The van der Waals surface area contributed by atoms with Crippen LogP contribution < -0.4 is 0 Å². The van der Waals surface area contributed by atoms with E-state index in [1.807, 2.05) is 0 Å². The average Bonchev–Trinajstić information content (AvgIpc) is 0.676. The van der Waals surface area contributed by atoms with Gasteiger partial charge in [0.25, 0.3) is 0 Å². The number of carbonyl (C=O) groups excluding carboxylic acids is 1. The van der Waals surface area contributed by atoms with Crippen LogP contribution in [-0.4, -0.2) is 303 Å². The number of allylic oxidation sites excluding steroid dienone is 2. The molecule has 30 nitrogen and oxygen atoms in total. The molecule has 10 fully saturated rings. The van der Waals surface area contributed by atoms with Crippen LogP contribution in [-0.2, 0) is 61.6 Å². The van der Waals surface area contributed by atoms with Crippen molar-refractivity contribution in [2.75, 3.05) is 26.4 Å². The van der Waals surface area contributed by atoms with Gasteiger partial charge < -0.3 is 144 Å². The molecule has 5 aliphatic carbocycles. The molecule has 0 aromatic carbocycles. The number of rotatable bonds is 15. The number of hydrogen-bond donors (Lipinski definition) is 17. The van der Waals surface area contributed by atoms with Crippen LogP contribution in [0.1, 0.15) is 127 Å². The molecule has 0 bridgehead atoms. The zero-order valence-corrected chi connectivity index (χ0v) is 55.4. The number of aliphatic hydroxyl groups excluding tert-OH is 17. The summed E-state index contributed by atoms with van der Waals surface area (Å²) in [4.78, 5) is 15.3. The Balaban J connectivity index is 0.741. The Bertz CT molecular complexity index is 2670. The minimum atomic E-state index is -1.90. The second kappa shape index (κ2) is 27.7. The topological polar surface area (TPSA) is 472 Å². The zero-order valence-electron chi connectivity index (χ0n) is 55.4. The van der Waals surface area contributed by atoms with E-state index in [0.29, 0.717) is 38.5 Å². The number of esters is 1. The summed E-state index contributed by atoms with van der Waals surface area (Å²) in [7, 11) is 0. The van der Waals surface area contributed by atoms with Crippen LogP contribution in [0.4, 0.5) is 0 Å². The zero-order chi connectivity index (χ0) is 69.3. The molecule has 37 atom stereocenters. The van der Waals surface area contributed by atoms with Crippen LogP contribution in [0.25, 0.3) is 0 Å². The third-order valence-electron chi connectivity index (χ3n) is 25.2. The SMILES string of the molecule is CC1OC(OC2C(CO)OC(OCC3OC(OC(=O)C45CCC(C)(C)CC4C4=CCC6C7(C)CCC(OC8OCC(OC9OC(CO)C(O)C(O)C9OC9OC(C)C(O)C(O)C9O)C(O)C8O)C(C)(C)C7CCC6(C)C4(C)CC5)C(O)C(O)C3O)C(O)C2O)C(O)C(O)C1O. The van der Waals surface area contributed by atoms with Gasteiger partial charge in [-0.15, -0.1) is 0 Å². The summed E-state index contributed by atoms with van der Waals surface area (Å²) >= 11 is 0. The molecule has 6 heterocycles. The Kier molecular flexibility index (Phi) is 21.7. The van der Waals surface area contributed by atoms with Crippen molar-refractivity contribution in [3.8, 4) is 0 Å². The first-order valence-electron chi connectivity index (χ1n) is 34.0. The number of fused-ring (bicyclic) bond motifs is 7. The molecule has 0 aromatic heterocycles. The second-order valence-electron chi connectivity index (χ2n) is 31.4. The first-order valence-corrected chi connectivity index (χ1v) is 34.0. The van der Waals surface area contributed by atoms with Crippen molar-refractivity contribution < 1.29 is 148 Å². The highest BCUT2D eigenvalue weighted by atomic mass is 16.8. The van der Waals surface area contributed by atoms with Crippen molar-refractivity contribution in [2.45, 2.75) is 311 Å². The van der Waals surface area contributed by atoms with Crippen LogP contribution in [0.2, 0.25) is 0 Å². The molecule has 95 heavy (non-hydrogen) atoms. The summed E-state index contributed by atoms with van der Waals surface area (Å²) < 4.78 is 71.2. The van der Waals surface area contributed by atoms with Gasteiger partial charge in [0.15, 0.2) is 31.5 Å². The summed E-state index contributed by atoms with van der Waals surface area (Å²) in [5, 5.41) is 184. The van der Waals surface area contributed by atoms with Gasteiger partial charge in [0.2, 0.25) is 6.29 Å². The van der Waals surface area contributed by atoms with E-state index < -0.39 is 221 Å². The van der Waals surface area contributed by atoms with Gasteiger partial charge in [0.1, 0.15) is 128 Å². The Morgan fingerprint density at radius 3 is 1.66 bits per heavy atom. The van der Waals surface area contributed by atoms with E-state index in [1.54, 1.807) is 0 Å². The molecule has 0 spiro atoms. The first kappa shape index (κ1) is 74.3. The Hall–Kier alpha value is -1.91. The highest BCUT2D eigenvalue weighted by Crippen LogP contribution is 2.76. The molecule has 0 aromatic rings. The van der Waals surface area contributed by atoms with Crippen molar-refractivity contribution in [2.24, 2.45) is 50.2 Å². The van der Waals surface area contributed by atoms with Crippen LogP contribution in [0.5, 0.6) is 0 Å². The molecule has 11 aliphatic rings. The molecule has 0 amide bonds. The highest BCUT2D eigenvalue weighted by molar-refractivity contribution is 5.79. The second-order valence-corrected chi connectivity index (χ2v) is 31.4. The van der Waals surface area contributed by atoms with E-state index in [9.17, 15) is 86.8 Å². The minimum absolute atomic E-state index is 0.121. The number of hydrogen-bond acceptors (Lipinski definition) is 30. The van der Waals surface area contributed by atoms with Crippen LogP contribution in [0.3, 0.4) is 0 Å². The highest BCUT2D eigenvalue weighted by Gasteiger charge is 2.70. The molecular weight excluding hydrogens is 1260 g/mol. The third kappa shape index (κ3) is 12.9. The lowest BCUT2D eigenvalue weighted by Crippen LogP contribution is -2.66. The molecule has 546 valence electrons. The monoisotopic (exact) mass is 1370 g/mol. The Morgan fingerprint density at radius 2 is 1.03 bits per heavy atom. The van der Waals surface area contributed by atoms with Gasteiger partial charge in [-0.05, 0) is 123 Å². The molecule has 6 saturated heterocycles. The lowest BCUT2D eigenvalue weighted by atomic mass is 9.33. The maximum Gasteiger partial charge on any atom is 0.315 e. The fourth-order valence-corrected chi connectivity index (χ4v) is 19.0. The summed E-state index contributed by atoms with van der Waals surface area (Å²) in [5.74, 6) is -0.588. The van der Waals surface area contributed by atoms with Crippen molar-refractivity contribution in [3.63, 3.8) is 0 Å². The van der Waals surface area contributed by atoms with E-state index in [2.05, 4.69) is 54.5 Å². The quantitative estimate of drug-likeness (QED) is 0.0426. The van der Waals surface area contributed by atoms with Gasteiger partial charge in [-0.2, -0.15) is 0 Å². The van der Waals surface area contributed by atoms with E-state index in [0.717, 1.165) is 25.7 Å². The van der Waals surface area contributed by atoms with Crippen molar-refractivity contribution in [3.05, 3.63) is 11.6 Å². The molecule has 37 unspecified atom stereocenters. The van der Waals surface area contributed by atoms with Crippen molar-refractivity contribution >= 4 is 5.97 Å². The smallest absolute Gasteiger partial charge is 0.315 e. The largest absolute Gasteiger partial charge is 0.432 e. The minimum Gasteiger partial charge on any atom is -0.432 e. The summed E-state index contributed by atoms with van der Waals surface area (Å²) in [6.45, 7) is 16.1. The predicted octanol–water partition coefficient (Wildman–Crippen LogP) is -3.69. The van der Waals surface area contributed by atoms with Gasteiger partial charge in [-0.1, -0.05) is 60.1 Å². The number of aliphatic hydroxyl groups is 17. The van der Waals surface area contributed by atoms with E-state index in [4.69, 9.17) is 56.8 Å². The lowest BCUT2D eigenvalue weighted by Gasteiger charge is -2.71. The molecule has 4 saturated carbocycles. The standard InChI is InChI=1S/C65H106O30/c1-25-36(68)41(73)47(79)55(86-25)93-51-30(22-67)89-53(50(82)45(51)77)84-23-31-39(71)43(75)49(81)57(90-31)95-59(83)65-18-16-60(3,4)20-28(65)27-10-11-34-62(7)14-13-35(61(5,6)33(62)12-15-64(34,9)63(27,8)17-19-65)92-54-46(78)40(72)32(24-85-54)91-58-52(44(76)38(70)29(21-66)88-58)94-56-48(80)42(74)37(69)26(2)87-56/h10,25-26,28-58,66-82H,11-24H2,1-9H3. The molecular formula is C65H106O30. The van der Waals surface area contributed by atoms with Gasteiger partial charge in [0.05, 0.1) is 50.2 Å². The third-order valence-corrected chi connectivity index (χ3v) is 25.2. The van der Waals surface area contributed by atoms with Crippen LogP contribution in [0.15, 0.2) is 11.6 Å². The molecule has 17 N–H and O–H groups in total. The fourth-order valence-electron chi connectivity index (χ4n) is 19.0. The lowest BCUT2D eigenvalue weighted by molar-refractivity contribution is -0.382. The number of carbonyl (C=O) groups is 1. The van der Waals surface area contributed by atoms with Gasteiger partial charge in [0, 0.05) is 0 Å². The summed E-state index contributed by atoms with van der Waals surface area (Å²) in [5.41, 5.74) is -1.37. The van der Waals surface area contributed by atoms with Crippen LogP contribution >= 0.6 is 0 Å². The summed E-state index contributed by atoms with van der Waals surface area (Å²) in [6, 6.07) is 0. The Labute approximate surface area is 551 Å². The molecule has 0 radical (unpaired) electrons. The van der Waals surface area contributed by atoms with E-state index in [-0.39, 0.29) is 46.0 Å². The van der Waals surface area contributed by atoms with Gasteiger partial charge in [-0.25, -0.2) is 0 Å². The van der Waals surface area contributed by atoms with Crippen LogP contribution in [0, 0.1) is 50.2 Å². The average molecular weight is 1370 g/mol. The van der Waals surface area contributed by atoms with Gasteiger partial charge in [-0.3, -0.25) is 4.79 Å². The van der Waals surface area contributed by atoms with Crippen molar-refractivity contribution in [1.82, 2.24) is 0 Å². The fraction of sp³-hybridized carbons (Fsp3) is 0.954.